The molecule has 64 valence electrons. The molecule has 0 aliphatic rings. The van der Waals surface area contributed by atoms with Gasteiger partial charge in [-0.3, -0.25) is 0 Å². The highest BCUT2D eigenvalue weighted by atomic mass is 16.4. The summed E-state index contributed by atoms with van der Waals surface area (Å²) >= 11 is 0. The molecule has 1 aromatic rings. The lowest BCUT2D eigenvalue weighted by atomic mass is 10.2. The fourth-order valence-corrected chi connectivity index (χ4v) is 0.869. The molecule has 0 amide bonds. The maximum Gasteiger partial charge on any atom is 0.335 e. The summed E-state index contributed by atoms with van der Waals surface area (Å²) in [5.41, 5.74) is 0.562. The first kappa shape index (κ1) is 8.39. The number of hydrogen-bond donors (Lipinski definition) is 3. The molecule has 0 aromatic heterocycles. The van der Waals surface area contributed by atoms with Crippen LogP contribution >= 0.6 is 0 Å². The van der Waals surface area contributed by atoms with Crippen molar-refractivity contribution in [3.8, 4) is 5.75 Å². The molecule has 1 rings (SSSR count). The number of phenols is 1. The van der Waals surface area contributed by atoms with E-state index in [1.807, 2.05) is 0 Å². The van der Waals surface area contributed by atoms with Gasteiger partial charge in [-0.2, -0.15) is 0 Å². The Hall–Kier alpha value is -1.71. The van der Waals surface area contributed by atoms with Crippen molar-refractivity contribution in [3.63, 3.8) is 0 Å². The van der Waals surface area contributed by atoms with Crippen molar-refractivity contribution in [2.24, 2.45) is 0 Å². The molecule has 0 fully saturated rings. The maximum atomic E-state index is 10.5. The summed E-state index contributed by atoms with van der Waals surface area (Å²) in [4.78, 5) is 10.5. The molecule has 0 saturated carbocycles. The number of phenolic OH excluding ortho intramolecular Hbond substituents is 1. The molecule has 0 radical (unpaired) electrons. The van der Waals surface area contributed by atoms with Gasteiger partial charge in [0.2, 0.25) is 0 Å². The minimum atomic E-state index is -1.01. The lowest BCUT2D eigenvalue weighted by molar-refractivity contribution is 0.0697. The van der Waals surface area contributed by atoms with Gasteiger partial charge in [0.15, 0.2) is 0 Å². The van der Waals surface area contributed by atoms with Crippen LogP contribution in [0.3, 0.4) is 0 Å². The average molecular weight is 167 g/mol. The predicted molar refractivity (Wildman–Crippen MR) is 44.6 cm³/mol. The largest absolute Gasteiger partial charge is 0.506 e. The second kappa shape index (κ2) is 3.13. The van der Waals surface area contributed by atoms with E-state index < -0.39 is 5.97 Å². The predicted octanol–water partition coefficient (Wildman–Crippen LogP) is 1.13. The van der Waals surface area contributed by atoms with Crippen LogP contribution in [0, 0.1) is 0 Å². The number of carboxylic acids is 1. The monoisotopic (exact) mass is 167 g/mol. The molecule has 0 heterocycles. The SMILES string of the molecule is CNc1cc(C(=O)O)ccc1O. The Morgan fingerprint density at radius 1 is 1.50 bits per heavy atom. The van der Waals surface area contributed by atoms with Gasteiger partial charge in [-0.15, -0.1) is 0 Å². The molecule has 0 spiro atoms. The van der Waals surface area contributed by atoms with Crippen LogP contribution in [0.25, 0.3) is 0 Å². The van der Waals surface area contributed by atoms with Crippen molar-refractivity contribution < 1.29 is 15.0 Å². The summed E-state index contributed by atoms with van der Waals surface area (Å²) < 4.78 is 0. The van der Waals surface area contributed by atoms with E-state index in [9.17, 15) is 4.79 Å². The summed E-state index contributed by atoms with van der Waals surface area (Å²) in [7, 11) is 1.61. The average Bonchev–Trinajstić information content (AvgIpc) is 2.05. The van der Waals surface area contributed by atoms with Crippen LogP contribution in [-0.2, 0) is 0 Å². The highest BCUT2D eigenvalue weighted by molar-refractivity contribution is 5.89. The summed E-state index contributed by atoms with van der Waals surface area (Å²) in [6.07, 6.45) is 0. The Morgan fingerprint density at radius 2 is 2.17 bits per heavy atom. The van der Waals surface area contributed by atoms with E-state index in [-0.39, 0.29) is 11.3 Å². The first-order valence-corrected chi connectivity index (χ1v) is 3.39. The third kappa shape index (κ3) is 1.47. The normalized spacial score (nSPS) is 9.42. The van der Waals surface area contributed by atoms with Crippen molar-refractivity contribution in [2.75, 3.05) is 12.4 Å². The third-order valence-electron chi connectivity index (χ3n) is 1.51. The zero-order valence-electron chi connectivity index (χ0n) is 6.53. The van der Waals surface area contributed by atoms with Crippen LogP contribution in [-0.4, -0.2) is 23.2 Å². The smallest absolute Gasteiger partial charge is 0.335 e. The fourth-order valence-electron chi connectivity index (χ4n) is 0.869. The van der Waals surface area contributed by atoms with Crippen LogP contribution in [0.15, 0.2) is 18.2 Å². The van der Waals surface area contributed by atoms with Crippen LogP contribution in [0.1, 0.15) is 10.4 Å². The first-order valence-electron chi connectivity index (χ1n) is 3.39. The number of carboxylic acid groups (broad SMARTS) is 1. The van der Waals surface area contributed by atoms with Crippen molar-refractivity contribution in [3.05, 3.63) is 23.8 Å². The highest BCUT2D eigenvalue weighted by Gasteiger charge is 2.05. The summed E-state index contributed by atoms with van der Waals surface area (Å²) in [5.74, 6) is -0.964. The van der Waals surface area contributed by atoms with Crippen molar-refractivity contribution in [2.45, 2.75) is 0 Å². The van der Waals surface area contributed by atoms with Crippen LogP contribution in [0.4, 0.5) is 5.69 Å². The van der Waals surface area contributed by atoms with Crippen molar-refractivity contribution in [1.29, 1.82) is 0 Å². The lowest BCUT2D eigenvalue weighted by Crippen LogP contribution is -1.97. The van der Waals surface area contributed by atoms with E-state index in [1.54, 1.807) is 7.05 Å². The van der Waals surface area contributed by atoms with Gasteiger partial charge >= 0.3 is 5.97 Å². The Kier molecular flexibility index (Phi) is 2.19. The lowest BCUT2D eigenvalue weighted by Gasteiger charge is -2.03. The fraction of sp³-hybridized carbons (Fsp3) is 0.125. The number of benzene rings is 1. The summed E-state index contributed by atoms with van der Waals surface area (Å²) in [5, 5.41) is 20.4. The minimum absolute atomic E-state index is 0.0440. The molecule has 0 atom stereocenters. The molecule has 4 nitrogen and oxygen atoms in total. The Bertz CT molecular complexity index is 309. The number of hydrogen-bond acceptors (Lipinski definition) is 3. The number of nitrogens with one attached hydrogen (secondary N) is 1. The van der Waals surface area contributed by atoms with E-state index in [4.69, 9.17) is 10.2 Å². The quantitative estimate of drug-likeness (QED) is 0.577. The number of aromatic hydroxyl groups is 1. The standard InChI is InChI=1S/C8H9NO3/c1-9-6-4-5(8(11)12)2-3-7(6)10/h2-4,9-10H,1H3,(H,11,12). The first-order chi connectivity index (χ1) is 5.65. The van der Waals surface area contributed by atoms with Gasteiger partial charge in [0.05, 0.1) is 11.3 Å². The molecule has 0 aliphatic heterocycles. The second-order valence-electron chi connectivity index (χ2n) is 2.29. The van der Waals surface area contributed by atoms with Gasteiger partial charge < -0.3 is 15.5 Å². The van der Waals surface area contributed by atoms with Crippen LogP contribution in [0.2, 0.25) is 0 Å². The van der Waals surface area contributed by atoms with Gasteiger partial charge in [0.1, 0.15) is 5.75 Å². The molecule has 4 heteroatoms. The Morgan fingerprint density at radius 3 is 2.67 bits per heavy atom. The van der Waals surface area contributed by atoms with E-state index >= 15 is 0 Å². The molecule has 0 unspecified atom stereocenters. The van der Waals surface area contributed by atoms with Crippen LogP contribution in [0.5, 0.6) is 5.75 Å². The molecular weight excluding hydrogens is 158 g/mol. The summed E-state index contributed by atoms with van der Waals surface area (Å²) in [6.45, 7) is 0. The van der Waals surface area contributed by atoms with Gasteiger partial charge in [-0.05, 0) is 18.2 Å². The Labute approximate surface area is 69.5 Å². The van der Waals surface area contributed by atoms with Gasteiger partial charge in [0, 0.05) is 7.05 Å². The zero-order chi connectivity index (χ0) is 9.14. The molecule has 1 aromatic carbocycles. The zero-order valence-corrected chi connectivity index (χ0v) is 6.53. The molecule has 3 N–H and O–H groups in total. The van der Waals surface area contributed by atoms with Gasteiger partial charge in [0.25, 0.3) is 0 Å². The van der Waals surface area contributed by atoms with Gasteiger partial charge in [-0.25, -0.2) is 4.79 Å². The van der Waals surface area contributed by atoms with Crippen molar-refractivity contribution >= 4 is 11.7 Å². The topological polar surface area (TPSA) is 69.6 Å². The maximum absolute atomic E-state index is 10.5. The number of rotatable bonds is 2. The molecule has 0 bridgehead atoms. The second-order valence-corrected chi connectivity index (χ2v) is 2.29. The molecular formula is C8H9NO3. The Balaban J connectivity index is 3.13. The number of carbonyl (C=O) groups is 1. The minimum Gasteiger partial charge on any atom is -0.506 e. The van der Waals surface area contributed by atoms with E-state index in [1.165, 1.54) is 18.2 Å². The van der Waals surface area contributed by atoms with E-state index in [2.05, 4.69) is 5.32 Å². The molecule has 12 heavy (non-hydrogen) atoms. The molecule has 0 aliphatic carbocycles. The third-order valence-corrected chi connectivity index (χ3v) is 1.51. The highest BCUT2D eigenvalue weighted by Crippen LogP contribution is 2.23. The van der Waals surface area contributed by atoms with Crippen LogP contribution < -0.4 is 5.32 Å². The van der Waals surface area contributed by atoms with Gasteiger partial charge in [-0.1, -0.05) is 0 Å². The summed E-state index contributed by atoms with van der Waals surface area (Å²) in [6, 6.07) is 4.06. The molecule has 0 saturated heterocycles. The number of aromatic carboxylic acids is 1. The number of anilines is 1. The van der Waals surface area contributed by atoms with E-state index in [0.29, 0.717) is 5.69 Å². The van der Waals surface area contributed by atoms with Crippen molar-refractivity contribution in [1.82, 2.24) is 0 Å². The van der Waals surface area contributed by atoms with E-state index in [0.717, 1.165) is 0 Å².